The van der Waals surface area contributed by atoms with Crippen LogP contribution in [0.2, 0.25) is 0 Å². The van der Waals surface area contributed by atoms with E-state index in [1.807, 2.05) is 49.4 Å². The summed E-state index contributed by atoms with van der Waals surface area (Å²) in [5, 5.41) is 18.7. The Kier molecular flexibility index (Phi) is 6.74. The number of ether oxygens (including phenoxy) is 1. The molecule has 0 fully saturated rings. The van der Waals surface area contributed by atoms with Gasteiger partial charge in [-0.2, -0.15) is 4.52 Å². The Bertz CT molecular complexity index is 1680. The molecule has 7 heteroatoms. The average molecular weight is 501 g/mol. The number of rotatable bonds is 9. The molecule has 0 saturated heterocycles. The number of pyridine rings is 1. The minimum absolute atomic E-state index is 0.308. The molecule has 7 nitrogen and oxygen atoms in total. The zero-order chi connectivity index (χ0) is 25.7. The first-order chi connectivity index (χ1) is 18.7. The Morgan fingerprint density at radius 3 is 2.39 bits per heavy atom. The van der Waals surface area contributed by atoms with Crippen molar-refractivity contribution in [2.75, 3.05) is 6.54 Å². The van der Waals surface area contributed by atoms with Crippen LogP contribution in [0.5, 0.6) is 5.88 Å². The van der Waals surface area contributed by atoms with Crippen molar-refractivity contribution < 1.29 is 4.74 Å². The third-order valence-corrected chi connectivity index (χ3v) is 6.55. The molecule has 0 aliphatic rings. The molecule has 0 spiro atoms. The summed E-state index contributed by atoms with van der Waals surface area (Å²) in [6.07, 6.45) is 0.984. The van der Waals surface area contributed by atoms with Crippen LogP contribution in [0.3, 0.4) is 0 Å². The third-order valence-electron chi connectivity index (χ3n) is 6.55. The van der Waals surface area contributed by atoms with E-state index in [-0.39, 0.29) is 0 Å². The summed E-state index contributed by atoms with van der Waals surface area (Å²) in [6.45, 7) is 3.79. The van der Waals surface area contributed by atoms with Gasteiger partial charge in [0.15, 0.2) is 11.5 Å². The van der Waals surface area contributed by atoms with Gasteiger partial charge in [-0.1, -0.05) is 72.8 Å². The lowest BCUT2D eigenvalue weighted by molar-refractivity contribution is 0.288. The van der Waals surface area contributed by atoms with Gasteiger partial charge in [0, 0.05) is 17.3 Å². The fourth-order valence-corrected chi connectivity index (χ4v) is 4.57. The highest BCUT2D eigenvalue weighted by molar-refractivity contribution is 5.99. The van der Waals surface area contributed by atoms with Crippen LogP contribution in [0, 0.1) is 6.92 Å². The van der Waals surface area contributed by atoms with Crippen LogP contribution in [0.15, 0.2) is 97.1 Å². The topological polar surface area (TPSA) is 77.2 Å². The van der Waals surface area contributed by atoms with Gasteiger partial charge in [0.05, 0.1) is 11.4 Å². The molecule has 3 aromatic carbocycles. The van der Waals surface area contributed by atoms with E-state index in [0.717, 1.165) is 46.3 Å². The molecule has 0 aliphatic carbocycles. The van der Waals surface area contributed by atoms with Gasteiger partial charge in [0.25, 0.3) is 0 Å². The van der Waals surface area contributed by atoms with Crippen molar-refractivity contribution in [1.29, 1.82) is 0 Å². The van der Waals surface area contributed by atoms with E-state index < -0.39 is 0 Å². The smallest absolute Gasteiger partial charge is 0.240 e. The molecule has 0 bridgehead atoms. The summed E-state index contributed by atoms with van der Waals surface area (Å²) >= 11 is 0. The first kappa shape index (κ1) is 23.8. The van der Waals surface area contributed by atoms with Gasteiger partial charge in [-0.05, 0) is 60.8 Å². The molecular weight excluding hydrogens is 472 g/mol. The number of nitrogens with one attached hydrogen (secondary N) is 1. The molecule has 188 valence electrons. The largest absolute Gasteiger partial charge is 0.470 e. The number of hydrogen-bond donors (Lipinski definition) is 1. The third kappa shape index (κ3) is 5.10. The summed E-state index contributed by atoms with van der Waals surface area (Å²) in [7, 11) is 0. The van der Waals surface area contributed by atoms with Gasteiger partial charge in [0.1, 0.15) is 6.61 Å². The van der Waals surface area contributed by atoms with E-state index in [1.165, 1.54) is 5.56 Å². The highest BCUT2D eigenvalue weighted by atomic mass is 16.5. The standard InChI is InChI=1S/C31H28N6O/c1-22-34-35-30-28-16-15-25(24-11-6-3-7-12-24)19-29(28)31(36-37(22)30)38-21-27-14-8-13-26(33-27)20-32-18-17-23-9-4-2-5-10-23/h2-16,19,32H,17-18,20-21H2,1H3. The summed E-state index contributed by atoms with van der Waals surface area (Å²) in [6, 6.07) is 33.1. The molecule has 38 heavy (non-hydrogen) atoms. The SMILES string of the molecule is Cc1nnc2c3ccc(-c4ccccc4)cc3c(OCc3cccc(CNCCc4ccccc4)n3)nn12. The number of fused-ring (bicyclic) bond motifs is 3. The molecule has 0 saturated carbocycles. The molecule has 3 heterocycles. The van der Waals surface area contributed by atoms with Gasteiger partial charge in [-0.15, -0.1) is 15.3 Å². The van der Waals surface area contributed by atoms with Crippen LogP contribution < -0.4 is 10.1 Å². The Morgan fingerprint density at radius 1 is 0.763 bits per heavy atom. The second-order valence-electron chi connectivity index (χ2n) is 9.24. The molecule has 0 aliphatic heterocycles. The molecule has 1 N–H and O–H groups in total. The van der Waals surface area contributed by atoms with Crippen LogP contribution in [0.1, 0.15) is 22.8 Å². The number of aromatic nitrogens is 5. The molecular formula is C31H28N6O. The van der Waals surface area contributed by atoms with E-state index in [9.17, 15) is 0 Å². The van der Waals surface area contributed by atoms with E-state index >= 15 is 0 Å². The van der Waals surface area contributed by atoms with E-state index in [4.69, 9.17) is 14.8 Å². The number of nitrogens with zero attached hydrogens (tertiary/aromatic N) is 5. The fraction of sp³-hybridized carbons (Fsp3) is 0.161. The molecule has 6 rings (SSSR count). The normalized spacial score (nSPS) is 11.3. The highest BCUT2D eigenvalue weighted by Gasteiger charge is 2.15. The molecule has 0 amide bonds. The Morgan fingerprint density at radius 2 is 1.55 bits per heavy atom. The molecule has 0 atom stereocenters. The summed E-state index contributed by atoms with van der Waals surface area (Å²) in [5.74, 6) is 1.24. The predicted molar refractivity (Wildman–Crippen MR) is 149 cm³/mol. The van der Waals surface area contributed by atoms with Crippen molar-refractivity contribution in [2.24, 2.45) is 0 Å². The van der Waals surface area contributed by atoms with Gasteiger partial charge >= 0.3 is 0 Å². The molecule has 6 aromatic rings. The van der Waals surface area contributed by atoms with Crippen LogP contribution in [0.25, 0.3) is 27.5 Å². The van der Waals surface area contributed by atoms with E-state index in [2.05, 4.69) is 70.1 Å². The van der Waals surface area contributed by atoms with Crippen molar-refractivity contribution in [3.8, 4) is 17.0 Å². The van der Waals surface area contributed by atoms with Crippen molar-refractivity contribution in [3.05, 3.63) is 120 Å². The molecule has 3 aromatic heterocycles. The second kappa shape index (κ2) is 10.8. The van der Waals surface area contributed by atoms with E-state index in [1.54, 1.807) is 4.52 Å². The number of benzene rings is 3. The first-order valence-electron chi connectivity index (χ1n) is 12.8. The lowest BCUT2D eigenvalue weighted by atomic mass is 10.0. The first-order valence-corrected chi connectivity index (χ1v) is 12.8. The maximum Gasteiger partial charge on any atom is 0.240 e. The van der Waals surface area contributed by atoms with Crippen molar-refractivity contribution in [3.63, 3.8) is 0 Å². The van der Waals surface area contributed by atoms with Crippen LogP contribution >= 0.6 is 0 Å². The quantitative estimate of drug-likeness (QED) is 0.262. The maximum atomic E-state index is 6.30. The highest BCUT2D eigenvalue weighted by Crippen LogP contribution is 2.31. The Balaban J connectivity index is 1.21. The van der Waals surface area contributed by atoms with Crippen LogP contribution in [0.4, 0.5) is 0 Å². The lowest BCUT2D eigenvalue weighted by Gasteiger charge is -2.12. The minimum Gasteiger partial charge on any atom is -0.470 e. The number of hydrogen-bond acceptors (Lipinski definition) is 6. The molecule has 0 radical (unpaired) electrons. The van der Waals surface area contributed by atoms with E-state index in [0.29, 0.717) is 30.5 Å². The zero-order valence-electron chi connectivity index (χ0n) is 21.2. The lowest BCUT2D eigenvalue weighted by Crippen LogP contribution is -2.18. The van der Waals surface area contributed by atoms with Gasteiger partial charge < -0.3 is 10.1 Å². The van der Waals surface area contributed by atoms with Gasteiger partial charge in [-0.3, -0.25) is 4.98 Å². The van der Waals surface area contributed by atoms with Crippen molar-refractivity contribution in [1.82, 2.24) is 30.1 Å². The van der Waals surface area contributed by atoms with Crippen molar-refractivity contribution >= 4 is 16.4 Å². The van der Waals surface area contributed by atoms with Crippen LogP contribution in [-0.4, -0.2) is 31.3 Å². The Labute approximate surface area is 221 Å². The summed E-state index contributed by atoms with van der Waals surface area (Å²) in [5.41, 5.74) is 6.09. The van der Waals surface area contributed by atoms with Crippen LogP contribution in [-0.2, 0) is 19.6 Å². The minimum atomic E-state index is 0.308. The Hall–Kier alpha value is -4.62. The van der Waals surface area contributed by atoms with Gasteiger partial charge in [-0.25, -0.2) is 0 Å². The van der Waals surface area contributed by atoms with Crippen molar-refractivity contribution in [2.45, 2.75) is 26.5 Å². The summed E-state index contributed by atoms with van der Waals surface area (Å²) < 4.78 is 8.03. The monoisotopic (exact) mass is 500 g/mol. The second-order valence-corrected chi connectivity index (χ2v) is 9.24. The zero-order valence-corrected chi connectivity index (χ0v) is 21.2. The maximum absolute atomic E-state index is 6.30. The average Bonchev–Trinajstić information content (AvgIpc) is 3.35. The van der Waals surface area contributed by atoms with Gasteiger partial charge in [0.2, 0.25) is 5.88 Å². The summed E-state index contributed by atoms with van der Waals surface area (Å²) in [4.78, 5) is 4.80. The number of aryl methyl sites for hydroxylation is 1. The fourth-order valence-electron chi connectivity index (χ4n) is 4.57. The molecule has 0 unspecified atom stereocenters. The predicted octanol–water partition coefficient (Wildman–Crippen LogP) is 5.56.